The average Bonchev–Trinajstić information content (AvgIpc) is 2.69. The first-order valence-corrected chi connectivity index (χ1v) is 11.4. The maximum Gasteiger partial charge on any atom is 0.315 e. The van der Waals surface area contributed by atoms with E-state index in [-0.39, 0.29) is 23.1 Å². The first-order chi connectivity index (χ1) is 14.6. The average molecular weight is 425 g/mol. The number of carbonyl (C=O) groups is 2. The van der Waals surface area contributed by atoms with E-state index >= 15 is 0 Å². The summed E-state index contributed by atoms with van der Waals surface area (Å²) in [6, 6.07) is 8.15. The molecule has 5 heteroatoms. The van der Waals surface area contributed by atoms with E-state index < -0.39 is 5.92 Å². The highest BCUT2D eigenvalue weighted by Gasteiger charge is 2.46. The number of ether oxygens (including phenoxy) is 1. The van der Waals surface area contributed by atoms with Crippen LogP contribution in [0, 0.1) is 11.3 Å². The van der Waals surface area contributed by atoms with Gasteiger partial charge in [0, 0.05) is 49.1 Å². The molecule has 0 spiro atoms. The van der Waals surface area contributed by atoms with Gasteiger partial charge in [0.1, 0.15) is 5.92 Å². The van der Waals surface area contributed by atoms with Crippen LogP contribution in [0.3, 0.4) is 0 Å². The van der Waals surface area contributed by atoms with Crippen molar-refractivity contribution in [3.63, 3.8) is 0 Å². The highest BCUT2D eigenvalue weighted by molar-refractivity contribution is 6.09. The third-order valence-corrected chi connectivity index (χ3v) is 6.32. The molecule has 1 aliphatic heterocycles. The lowest BCUT2D eigenvalue weighted by atomic mass is 9.67. The molecule has 0 radical (unpaired) electrons. The highest BCUT2D eigenvalue weighted by Crippen LogP contribution is 2.48. The predicted molar refractivity (Wildman–Crippen MR) is 126 cm³/mol. The minimum atomic E-state index is -0.559. The lowest BCUT2D eigenvalue weighted by Gasteiger charge is -2.39. The van der Waals surface area contributed by atoms with Gasteiger partial charge in [-0.1, -0.05) is 45.7 Å². The second-order valence-electron chi connectivity index (χ2n) is 9.87. The molecule has 0 saturated heterocycles. The van der Waals surface area contributed by atoms with Gasteiger partial charge in [-0.3, -0.25) is 14.6 Å². The number of hydrogen-bond acceptors (Lipinski definition) is 5. The number of rotatable bonds is 7. The summed E-state index contributed by atoms with van der Waals surface area (Å²) in [5, 5.41) is 0. The number of anilines is 1. The van der Waals surface area contributed by atoms with Crippen molar-refractivity contribution in [1.29, 1.82) is 0 Å². The largest absolute Gasteiger partial charge is 0.465 e. The van der Waals surface area contributed by atoms with E-state index in [0.29, 0.717) is 18.6 Å². The molecule has 1 heterocycles. The third-order valence-electron chi connectivity index (χ3n) is 6.32. The van der Waals surface area contributed by atoms with E-state index in [1.54, 1.807) is 0 Å². The molecule has 2 atom stereocenters. The molecule has 3 rings (SSSR count). The van der Waals surface area contributed by atoms with Crippen molar-refractivity contribution in [2.24, 2.45) is 16.3 Å². The summed E-state index contributed by atoms with van der Waals surface area (Å²) in [6.07, 6.45) is 4.18. The van der Waals surface area contributed by atoms with E-state index in [1.165, 1.54) is 0 Å². The van der Waals surface area contributed by atoms with Gasteiger partial charge in [-0.15, -0.1) is 0 Å². The molecule has 1 unspecified atom stereocenters. The fourth-order valence-electron chi connectivity index (χ4n) is 4.70. The zero-order valence-electron chi connectivity index (χ0n) is 19.8. The molecule has 168 valence electrons. The molecule has 2 aliphatic rings. The summed E-state index contributed by atoms with van der Waals surface area (Å²) in [4.78, 5) is 33.3. The normalized spacial score (nSPS) is 22.6. The minimum absolute atomic E-state index is 0.105. The fraction of sp³-hybridized carbons (Fsp3) is 0.577. The fourth-order valence-corrected chi connectivity index (χ4v) is 4.70. The van der Waals surface area contributed by atoms with Gasteiger partial charge in [0.15, 0.2) is 5.78 Å². The Kier molecular flexibility index (Phi) is 7.03. The molecule has 0 amide bonds. The molecule has 31 heavy (non-hydrogen) atoms. The van der Waals surface area contributed by atoms with Gasteiger partial charge in [-0.05, 0) is 42.9 Å². The maximum absolute atomic E-state index is 13.3. The van der Waals surface area contributed by atoms with Crippen molar-refractivity contribution in [3.05, 3.63) is 41.1 Å². The van der Waals surface area contributed by atoms with Gasteiger partial charge in [-0.2, -0.15) is 0 Å². The molecule has 0 bridgehead atoms. The van der Waals surface area contributed by atoms with Crippen LogP contribution in [0.1, 0.15) is 71.3 Å². The van der Waals surface area contributed by atoms with Crippen molar-refractivity contribution in [2.75, 3.05) is 25.6 Å². The molecular formula is C26H36N2O3. The highest BCUT2D eigenvalue weighted by atomic mass is 16.5. The van der Waals surface area contributed by atoms with Crippen molar-refractivity contribution >= 4 is 23.2 Å². The summed E-state index contributed by atoms with van der Waals surface area (Å²) >= 11 is 0. The number of carbonyl (C=O) groups excluding carboxylic acids is 2. The Hall–Kier alpha value is -2.43. The topological polar surface area (TPSA) is 59.0 Å². The first-order valence-electron chi connectivity index (χ1n) is 11.4. The Morgan fingerprint density at radius 1 is 1.16 bits per heavy atom. The van der Waals surface area contributed by atoms with E-state index in [1.807, 2.05) is 50.2 Å². The molecule has 0 fully saturated rings. The van der Waals surface area contributed by atoms with E-state index in [9.17, 15) is 9.59 Å². The molecule has 0 N–H and O–H groups in total. The molecular weight excluding hydrogens is 388 g/mol. The quantitative estimate of drug-likeness (QED) is 0.440. The van der Waals surface area contributed by atoms with Crippen LogP contribution in [0.15, 0.2) is 40.5 Å². The Bertz CT molecular complexity index is 894. The number of aliphatic imine (C=N–C) groups is 1. The number of unbranched alkanes of at least 4 members (excludes halogenated alkanes) is 2. The summed E-state index contributed by atoms with van der Waals surface area (Å²) < 4.78 is 5.66. The zero-order valence-corrected chi connectivity index (χ0v) is 19.8. The van der Waals surface area contributed by atoms with E-state index in [4.69, 9.17) is 9.73 Å². The standard InChI is InChI=1S/C26H36N2O3/c1-7-8-9-14-31-25(30)22-17(2)27-20-15-26(3,4)16-21(29)24(20)23(22)18-10-12-19(13-11-18)28(5)6/h10-13,22-23H,7-9,14-16H2,1-6H3/t22?,23-/m0/s1. The SMILES string of the molecule is CCCCCOC(=O)C1C(C)=NC2=C(C(=O)CC(C)(C)C2)[C@H]1c1ccc(N(C)C)cc1. The number of benzene rings is 1. The van der Waals surface area contributed by atoms with Crippen LogP contribution in [-0.4, -0.2) is 38.2 Å². The Morgan fingerprint density at radius 3 is 2.45 bits per heavy atom. The summed E-state index contributed by atoms with van der Waals surface area (Å²) in [5.41, 5.74) is 4.22. The second kappa shape index (κ2) is 9.37. The Labute approximate surface area is 186 Å². The summed E-state index contributed by atoms with van der Waals surface area (Å²) in [7, 11) is 3.99. The smallest absolute Gasteiger partial charge is 0.315 e. The number of hydrogen-bond donors (Lipinski definition) is 0. The number of allylic oxidation sites excluding steroid dienone is 2. The predicted octanol–water partition coefficient (Wildman–Crippen LogP) is 5.30. The number of ketones is 1. The first kappa shape index (κ1) is 23.2. The van der Waals surface area contributed by atoms with Gasteiger partial charge in [0.25, 0.3) is 0 Å². The van der Waals surface area contributed by atoms with Crippen LogP contribution >= 0.6 is 0 Å². The lowest BCUT2D eigenvalue weighted by Crippen LogP contribution is -2.39. The van der Waals surface area contributed by atoms with Gasteiger partial charge in [0.2, 0.25) is 0 Å². The number of Topliss-reactive ketones (excluding diaryl/α,β-unsaturated/α-hetero) is 1. The van der Waals surface area contributed by atoms with Crippen molar-refractivity contribution in [1.82, 2.24) is 0 Å². The number of nitrogens with zero attached hydrogens (tertiary/aromatic N) is 2. The summed E-state index contributed by atoms with van der Waals surface area (Å²) in [6.45, 7) is 8.64. The molecule has 0 aromatic heterocycles. The Balaban J connectivity index is 2.02. The lowest BCUT2D eigenvalue weighted by molar-refractivity contribution is -0.146. The van der Waals surface area contributed by atoms with Crippen LogP contribution in [0.4, 0.5) is 5.69 Å². The van der Waals surface area contributed by atoms with Gasteiger partial charge >= 0.3 is 5.97 Å². The minimum Gasteiger partial charge on any atom is -0.465 e. The molecule has 0 saturated carbocycles. The monoisotopic (exact) mass is 424 g/mol. The van der Waals surface area contributed by atoms with Gasteiger partial charge in [-0.25, -0.2) is 0 Å². The van der Waals surface area contributed by atoms with Crippen LogP contribution < -0.4 is 4.90 Å². The Morgan fingerprint density at radius 2 is 1.84 bits per heavy atom. The van der Waals surface area contributed by atoms with Crippen LogP contribution in [-0.2, 0) is 14.3 Å². The number of esters is 1. The summed E-state index contributed by atoms with van der Waals surface area (Å²) in [5.74, 6) is -1.07. The van der Waals surface area contributed by atoms with Crippen LogP contribution in [0.5, 0.6) is 0 Å². The van der Waals surface area contributed by atoms with Crippen molar-refractivity contribution < 1.29 is 14.3 Å². The molecule has 1 aliphatic carbocycles. The van der Waals surface area contributed by atoms with Crippen molar-refractivity contribution in [3.8, 4) is 0 Å². The van der Waals surface area contributed by atoms with E-state index in [2.05, 4.69) is 20.8 Å². The van der Waals surface area contributed by atoms with E-state index in [0.717, 1.165) is 48.3 Å². The van der Waals surface area contributed by atoms with Crippen molar-refractivity contribution in [2.45, 2.75) is 65.7 Å². The molecule has 5 nitrogen and oxygen atoms in total. The third kappa shape index (κ3) is 5.08. The van der Waals surface area contributed by atoms with Gasteiger partial charge < -0.3 is 9.64 Å². The van der Waals surface area contributed by atoms with Crippen LogP contribution in [0.2, 0.25) is 0 Å². The maximum atomic E-state index is 13.3. The van der Waals surface area contributed by atoms with Gasteiger partial charge in [0.05, 0.1) is 6.61 Å². The second-order valence-corrected chi connectivity index (χ2v) is 9.87. The molecule has 1 aromatic carbocycles. The molecule has 1 aromatic rings. The zero-order chi connectivity index (χ0) is 22.8. The van der Waals surface area contributed by atoms with Crippen LogP contribution in [0.25, 0.3) is 0 Å².